The summed E-state index contributed by atoms with van der Waals surface area (Å²) in [5, 5.41) is 4.41. The summed E-state index contributed by atoms with van der Waals surface area (Å²) in [5.74, 6) is 0.504. The number of rotatable bonds is 3. The van der Waals surface area contributed by atoms with Crippen molar-refractivity contribution in [3.8, 4) is 0 Å². The highest BCUT2D eigenvalue weighted by Crippen LogP contribution is 2.38. The molecule has 5 nitrogen and oxygen atoms in total. The van der Waals surface area contributed by atoms with E-state index < -0.39 is 0 Å². The lowest BCUT2D eigenvalue weighted by Crippen LogP contribution is -2.06. The largest absolute Gasteiger partial charge is 0.382 e. The van der Waals surface area contributed by atoms with Gasteiger partial charge >= 0.3 is 0 Å². The van der Waals surface area contributed by atoms with Crippen LogP contribution in [0, 0.1) is 0 Å². The fraction of sp³-hybridized carbons (Fsp3) is 0. The van der Waals surface area contributed by atoms with E-state index in [2.05, 4.69) is 15.3 Å². The Morgan fingerprint density at radius 2 is 1.88 bits per heavy atom. The quantitative estimate of drug-likeness (QED) is 0.745. The van der Waals surface area contributed by atoms with Gasteiger partial charge in [-0.2, -0.15) is 0 Å². The first-order valence-corrected chi connectivity index (χ1v) is 8.48. The number of nitrogens with two attached hydrogens (primary N) is 2. The zero-order chi connectivity index (χ0) is 17.1. The molecule has 0 spiro atoms. The second kappa shape index (κ2) is 7.17. The minimum absolute atomic E-state index is 0.240. The van der Waals surface area contributed by atoms with Gasteiger partial charge in [-0.25, -0.2) is 9.97 Å². The Hall–Kier alpha value is -2.15. The number of anilines is 2. The fourth-order valence-corrected chi connectivity index (χ4v) is 3.33. The molecule has 1 aromatic carbocycles. The number of benzene rings is 1. The highest BCUT2D eigenvalue weighted by molar-refractivity contribution is 7.99. The van der Waals surface area contributed by atoms with Gasteiger partial charge < -0.3 is 16.8 Å². The molecule has 2 heterocycles. The van der Waals surface area contributed by atoms with Crippen molar-refractivity contribution in [2.45, 2.75) is 9.92 Å². The summed E-state index contributed by atoms with van der Waals surface area (Å²) >= 11 is 13.6. The average molecular weight is 378 g/mol. The van der Waals surface area contributed by atoms with Crippen molar-refractivity contribution in [1.82, 2.24) is 15.3 Å². The van der Waals surface area contributed by atoms with Crippen LogP contribution in [0.5, 0.6) is 0 Å². The lowest BCUT2D eigenvalue weighted by molar-refractivity contribution is 1.06. The van der Waals surface area contributed by atoms with Gasteiger partial charge in [-0.15, -0.1) is 0 Å². The van der Waals surface area contributed by atoms with Gasteiger partial charge in [0.05, 0.1) is 10.0 Å². The molecule has 1 aliphatic rings. The molecular weight excluding hydrogens is 365 g/mol. The molecule has 0 unspecified atom stereocenters. The molecule has 0 bridgehead atoms. The summed E-state index contributed by atoms with van der Waals surface area (Å²) in [4.78, 5) is 9.52. The molecule has 0 radical (unpaired) electrons. The number of halogens is 2. The van der Waals surface area contributed by atoms with Crippen LogP contribution in [0.4, 0.5) is 11.6 Å². The van der Waals surface area contributed by atoms with E-state index in [1.165, 1.54) is 11.8 Å². The molecular formula is C16H13Cl2N5S. The van der Waals surface area contributed by atoms with Crippen LogP contribution in [-0.2, 0) is 0 Å². The van der Waals surface area contributed by atoms with E-state index in [9.17, 15) is 0 Å². The molecule has 3 rings (SSSR count). The number of aromatic nitrogens is 2. The van der Waals surface area contributed by atoms with Crippen molar-refractivity contribution in [1.29, 1.82) is 0 Å². The van der Waals surface area contributed by atoms with Crippen molar-refractivity contribution in [2.75, 3.05) is 11.5 Å². The summed E-state index contributed by atoms with van der Waals surface area (Å²) in [5.41, 5.74) is 13.3. The Morgan fingerprint density at radius 3 is 2.71 bits per heavy atom. The summed E-state index contributed by atoms with van der Waals surface area (Å²) in [6, 6.07) is 5.37. The average Bonchev–Trinajstić information content (AvgIpc) is 2.83. The molecule has 5 N–H and O–H groups in total. The van der Waals surface area contributed by atoms with Gasteiger partial charge in [0.15, 0.2) is 11.6 Å². The van der Waals surface area contributed by atoms with Crippen LogP contribution in [-0.4, -0.2) is 9.97 Å². The summed E-state index contributed by atoms with van der Waals surface area (Å²) in [6.45, 7) is 0. The SMILES string of the molecule is Nc1nc(N)c(C2=CC=CNC=C2)nc1Sc1cccc(Cl)c1Cl. The first-order valence-electron chi connectivity index (χ1n) is 6.91. The van der Waals surface area contributed by atoms with Crippen LogP contribution in [0.15, 0.2) is 58.7 Å². The number of hydrogen-bond donors (Lipinski definition) is 3. The summed E-state index contributed by atoms with van der Waals surface area (Å²) in [6.07, 6.45) is 9.18. The van der Waals surface area contributed by atoms with Crippen LogP contribution in [0.1, 0.15) is 5.69 Å². The summed E-state index contributed by atoms with van der Waals surface area (Å²) in [7, 11) is 0. The molecule has 0 fully saturated rings. The molecule has 2 aromatic rings. The molecule has 0 amide bonds. The van der Waals surface area contributed by atoms with Crippen molar-refractivity contribution >= 4 is 52.2 Å². The van der Waals surface area contributed by atoms with Crippen molar-refractivity contribution in [2.24, 2.45) is 0 Å². The second-order valence-corrected chi connectivity index (χ2v) is 6.60. The van der Waals surface area contributed by atoms with Crippen molar-refractivity contribution < 1.29 is 0 Å². The molecule has 0 saturated carbocycles. The van der Waals surface area contributed by atoms with Gasteiger partial charge in [0.2, 0.25) is 0 Å². The maximum absolute atomic E-state index is 6.23. The lowest BCUT2D eigenvalue weighted by Gasteiger charge is -2.11. The van der Waals surface area contributed by atoms with E-state index >= 15 is 0 Å². The predicted molar refractivity (Wildman–Crippen MR) is 101 cm³/mol. The third-order valence-corrected chi connectivity index (χ3v) is 5.12. The smallest absolute Gasteiger partial charge is 0.158 e. The normalized spacial score (nSPS) is 13.3. The van der Waals surface area contributed by atoms with Crippen molar-refractivity contribution in [3.05, 3.63) is 64.6 Å². The maximum Gasteiger partial charge on any atom is 0.158 e. The zero-order valence-corrected chi connectivity index (χ0v) is 14.7. The van der Waals surface area contributed by atoms with Crippen LogP contribution in [0.3, 0.4) is 0 Å². The molecule has 122 valence electrons. The molecule has 1 aliphatic heterocycles. The van der Waals surface area contributed by atoms with E-state index in [1.807, 2.05) is 30.4 Å². The topological polar surface area (TPSA) is 89.8 Å². The standard InChI is InChI=1S/C16H13Cl2N5S/c17-10-4-1-5-11(12(10)18)24-16-15(20)23-14(19)13(22-16)9-3-2-7-21-8-6-9/h1-8,21H,(H4,19,20,23). The Kier molecular flexibility index (Phi) is 4.99. The van der Waals surface area contributed by atoms with Crippen LogP contribution < -0.4 is 16.8 Å². The van der Waals surface area contributed by atoms with E-state index in [4.69, 9.17) is 34.7 Å². The highest BCUT2D eigenvalue weighted by Gasteiger charge is 2.15. The van der Waals surface area contributed by atoms with E-state index in [-0.39, 0.29) is 11.6 Å². The van der Waals surface area contributed by atoms with Crippen LogP contribution in [0.25, 0.3) is 5.57 Å². The van der Waals surface area contributed by atoms with Gasteiger partial charge in [-0.1, -0.05) is 47.1 Å². The van der Waals surface area contributed by atoms with Gasteiger partial charge in [-0.3, -0.25) is 0 Å². The Bertz CT molecular complexity index is 877. The summed E-state index contributed by atoms with van der Waals surface area (Å²) < 4.78 is 0. The van der Waals surface area contributed by atoms with Crippen LogP contribution >= 0.6 is 35.0 Å². The number of nitrogens with zero attached hydrogens (tertiary/aromatic N) is 2. The number of hydrogen-bond acceptors (Lipinski definition) is 6. The van der Waals surface area contributed by atoms with Gasteiger partial charge in [0, 0.05) is 22.9 Å². The monoisotopic (exact) mass is 377 g/mol. The maximum atomic E-state index is 6.23. The minimum Gasteiger partial charge on any atom is -0.382 e. The Labute approximate surface area is 153 Å². The molecule has 0 saturated heterocycles. The lowest BCUT2D eigenvalue weighted by atomic mass is 10.1. The number of nitrogens with one attached hydrogen (secondary N) is 1. The third kappa shape index (κ3) is 3.51. The van der Waals surface area contributed by atoms with Crippen molar-refractivity contribution in [3.63, 3.8) is 0 Å². The van der Waals surface area contributed by atoms with Gasteiger partial charge in [-0.05, 0) is 24.3 Å². The highest BCUT2D eigenvalue weighted by atomic mass is 35.5. The van der Waals surface area contributed by atoms with Crippen LogP contribution in [0.2, 0.25) is 10.0 Å². The number of allylic oxidation sites excluding steroid dienone is 4. The van der Waals surface area contributed by atoms with E-state index in [1.54, 1.807) is 18.5 Å². The molecule has 1 aromatic heterocycles. The molecule has 0 atom stereocenters. The molecule has 0 aliphatic carbocycles. The Balaban J connectivity index is 2.03. The van der Waals surface area contributed by atoms with Gasteiger partial charge in [0.1, 0.15) is 10.7 Å². The van der Waals surface area contributed by atoms with E-state index in [0.29, 0.717) is 20.8 Å². The van der Waals surface area contributed by atoms with Gasteiger partial charge in [0.25, 0.3) is 0 Å². The van der Waals surface area contributed by atoms with E-state index in [0.717, 1.165) is 10.5 Å². The first-order chi connectivity index (χ1) is 11.6. The second-order valence-electron chi connectivity index (χ2n) is 4.78. The zero-order valence-electron chi connectivity index (χ0n) is 12.3. The molecule has 24 heavy (non-hydrogen) atoms. The third-order valence-electron chi connectivity index (χ3n) is 3.14. The Morgan fingerprint density at radius 1 is 1.04 bits per heavy atom. The minimum atomic E-state index is 0.240. The first kappa shape index (κ1) is 16.7. The fourth-order valence-electron chi connectivity index (χ4n) is 2.02. The predicted octanol–water partition coefficient (Wildman–Crippen LogP) is 4.11. The number of nitrogen functional groups attached to an aromatic ring is 2. The molecule has 8 heteroatoms.